The maximum Gasteiger partial charge on any atom is 0.237 e. The van der Waals surface area contributed by atoms with E-state index in [1.54, 1.807) is 18.5 Å². The Kier molecular flexibility index (Phi) is 3.57. The van der Waals surface area contributed by atoms with Gasteiger partial charge in [-0.15, -0.1) is 0 Å². The van der Waals surface area contributed by atoms with Crippen molar-refractivity contribution in [3.05, 3.63) is 30.1 Å². The summed E-state index contributed by atoms with van der Waals surface area (Å²) in [6.07, 6.45) is 3.92. The van der Waals surface area contributed by atoms with E-state index in [-0.39, 0.29) is 0 Å². The summed E-state index contributed by atoms with van der Waals surface area (Å²) < 4.78 is 5.56. The number of anilines is 3. The maximum atomic E-state index is 10.6. The molecule has 126 valence electrons. The fourth-order valence-electron chi connectivity index (χ4n) is 2.93. The molecule has 0 spiro atoms. The van der Waals surface area contributed by atoms with Crippen molar-refractivity contribution in [1.29, 1.82) is 0 Å². The molecule has 3 aromatic rings. The number of pyridine rings is 3. The predicted molar refractivity (Wildman–Crippen MR) is 95.6 cm³/mol. The minimum atomic E-state index is 0.374. The van der Waals surface area contributed by atoms with Crippen LogP contribution in [0.1, 0.15) is 5.56 Å². The Labute approximate surface area is 143 Å². The first-order chi connectivity index (χ1) is 12.2. The number of amides is 1. The average Bonchev–Trinajstić information content (AvgIpc) is 2.62. The van der Waals surface area contributed by atoms with Crippen molar-refractivity contribution in [2.24, 2.45) is 0 Å². The van der Waals surface area contributed by atoms with E-state index in [0.29, 0.717) is 36.2 Å². The third-order valence-electron chi connectivity index (χ3n) is 4.17. The van der Waals surface area contributed by atoms with Crippen molar-refractivity contribution in [3.8, 4) is 17.1 Å². The van der Waals surface area contributed by atoms with Crippen LogP contribution in [0.15, 0.2) is 24.5 Å². The zero-order valence-corrected chi connectivity index (χ0v) is 13.5. The van der Waals surface area contributed by atoms with Crippen molar-refractivity contribution < 1.29 is 9.53 Å². The van der Waals surface area contributed by atoms with E-state index in [2.05, 4.69) is 25.6 Å². The maximum absolute atomic E-state index is 10.6. The Morgan fingerprint density at radius 3 is 3.04 bits per heavy atom. The molecular weight excluding hydrogens is 320 g/mol. The first-order valence-corrected chi connectivity index (χ1v) is 7.80. The largest absolute Gasteiger partial charge is 0.474 e. The lowest BCUT2D eigenvalue weighted by molar-refractivity contribution is -0.105. The Morgan fingerprint density at radius 1 is 1.32 bits per heavy atom. The summed E-state index contributed by atoms with van der Waals surface area (Å²) in [5.74, 6) is 1.43. The highest BCUT2D eigenvalue weighted by molar-refractivity contribution is 5.95. The number of aromatic nitrogens is 3. The lowest BCUT2D eigenvalue weighted by atomic mass is 10.0. The molecule has 1 aliphatic rings. The van der Waals surface area contributed by atoms with E-state index in [1.807, 2.05) is 13.0 Å². The Bertz CT molecular complexity index is 989. The number of nitrogens with one attached hydrogen (secondary N) is 2. The molecule has 4 heterocycles. The van der Waals surface area contributed by atoms with Gasteiger partial charge >= 0.3 is 0 Å². The average molecular weight is 336 g/mol. The van der Waals surface area contributed by atoms with Crippen LogP contribution < -0.4 is 21.1 Å². The summed E-state index contributed by atoms with van der Waals surface area (Å²) >= 11 is 0. The van der Waals surface area contributed by atoms with E-state index >= 15 is 0 Å². The van der Waals surface area contributed by atoms with Gasteiger partial charge in [0.25, 0.3) is 0 Å². The number of nitrogens with zero attached hydrogens (tertiary/aromatic N) is 3. The summed E-state index contributed by atoms with van der Waals surface area (Å²) in [6, 6.07) is 3.66. The van der Waals surface area contributed by atoms with Gasteiger partial charge in [0.1, 0.15) is 23.9 Å². The fraction of sp³-hybridized carbons (Fsp3) is 0.176. The molecule has 0 fully saturated rings. The van der Waals surface area contributed by atoms with Crippen LogP contribution in [0.2, 0.25) is 0 Å². The molecule has 1 amide bonds. The molecule has 0 unspecified atom stereocenters. The zero-order chi connectivity index (χ0) is 17.4. The SMILES string of the molecule is Cc1c(-c2cc3cc(NC=O)ncc3c(N)n2)cnc2c1NCCO2. The van der Waals surface area contributed by atoms with Crippen LogP contribution in [0.5, 0.6) is 5.88 Å². The van der Waals surface area contributed by atoms with Crippen molar-refractivity contribution in [2.75, 3.05) is 29.5 Å². The molecule has 8 nitrogen and oxygen atoms in total. The minimum absolute atomic E-state index is 0.374. The molecule has 4 N–H and O–H groups in total. The van der Waals surface area contributed by atoms with Crippen LogP contribution in [-0.4, -0.2) is 34.5 Å². The van der Waals surface area contributed by atoms with Crippen molar-refractivity contribution >= 4 is 34.5 Å². The van der Waals surface area contributed by atoms with Gasteiger partial charge in [0.15, 0.2) is 0 Å². The highest BCUT2D eigenvalue weighted by atomic mass is 16.5. The lowest BCUT2D eigenvalue weighted by Crippen LogP contribution is -2.20. The van der Waals surface area contributed by atoms with Gasteiger partial charge < -0.3 is 21.1 Å². The van der Waals surface area contributed by atoms with Gasteiger partial charge in [0.2, 0.25) is 12.3 Å². The normalized spacial score (nSPS) is 12.8. The van der Waals surface area contributed by atoms with Crippen LogP contribution in [0.4, 0.5) is 17.3 Å². The van der Waals surface area contributed by atoms with Crippen molar-refractivity contribution in [2.45, 2.75) is 6.92 Å². The van der Waals surface area contributed by atoms with Gasteiger partial charge in [0, 0.05) is 29.9 Å². The summed E-state index contributed by atoms with van der Waals surface area (Å²) in [4.78, 5) is 23.6. The number of fused-ring (bicyclic) bond motifs is 2. The van der Waals surface area contributed by atoms with E-state index in [0.717, 1.165) is 34.1 Å². The first kappa shape index (κ1) is 15.1. The van der Waals surface area contributed by atoms with Crippen molar-refractivity contribution in [1.82, 2.24) is 15.0 Å². The van der Waals surface area contributed by atoms with Gasteiger partial charge in [-0.1, -0.05) is 0 Å². The van der Waals surface area contributed by atoms with E-state index < -0.39 is 0 Å². The molecule has 0 radical (unpaired) electrons. The first-order valence-electron chi connectivity index (χ1n) is 7.80. The van der Waals surface area contributed by atoms with E-state index in [1.165, 1.54) is 0 Å². The van der Waals surface area contributed by atoms with Gasteiger partial charge in [0.05, 0.1) is 5.69 Å². The minimum Gasteiger partial charge on any atom is -0.474 e. The van der Waals surface area contributed by atoms with Crippen LogP contribution in [0.3, 0.4) is 0 Å². The lowest BCUT2D eigenvalue weighted by Gasteiger charge is -2.21. The Hall–Kier alpha value is -3.42. The number of carbonyl (C=O) groups is 1. The zero-order valence-electron chi connectivity index (χ0n) is 13.5. The molecule has 0 aliphatic carbocycles. The van der Waals surface area contributed by atoms with Gasteiger partial charge in [-0.3, -0.25) is 4.79 Å². The van der Waals surface area contributed by atoms with Gasteiger partial charge in [-0.2, -0.15) is 0 Å². The Morgan fingerprint density at radius 2 is 2.20 bits per heavy atom. The summed E-state index contributed by atoms with van der Waals surface area (Å²) in [5.41, 5.74) is 9.55. The monoisotopic (exact) mass is 336 g/mol. The summed E-state index contributed by atoms with van der Waals surface area (Å²) in [6.45, 7) is 3.32. The van der Waals surface area contributed by atoms with Crippen LogP contribution in [0.25, 0.3) is 22.0 Å². The number of rotatable bonds is 3. The second-order valence-electron chi connectivity index (χ2n) is 5.70. The standard InChI is InChI=1S/C17H16N6O2/c1-9-11(6-21-17-15(9)19-2-3-25-17)13-4-10-5-14(22-8-24)20-7-12(10)16(18)23-13/h4-8,19H,2-3H2,1H3,(H2,18,23)(H,20,22,24). The molecule has 25 heavy (non-hydrogen) atoms. The highest BCUT2D eigenvalue weighted by Gasteiger charge is 2.18. The number of ether oxygens (including phenoxy) is 1. The molecule has 0 saturated heterocycles. The number of hydrogen-bond acceptors (Lipinski definition) is 7. The summed E-state index contributed by atoms with van der Waals surface area (Å²) in [7, 11) is 0. The number of nitrogen functional groups attached to an aromatic ring is 1. The number of nitrogens with two attached hydrogens (primary N) is 1. The second kappa shape index (κ2) is 5.90. The van der Waals surface area contributed by atoms with Gasteiger partial charge in [-0.05, 0) is 30.0 Å². The predicted octanol–water partition coefficient (Wildman–Crippen LogP) is 1.96. The van der Waals surface area contributed by atoms with Crippen LogP contribution in [0, 0.1) is 6.92 Å². The van der Waals surface area contributed by atoms with E-state index in [4.69, 9.17) is 10.5 Å². The molecule has 0 aromatic carbocycles. The van der Waals surface area contributed by atoms with Crippen molar-refractivity contribution in [3.63, 3.8) is 0 Å². The van der Waals surface area contributed by atoms with E-state index in [9.17, 15) is 4.79 Å². The second-order valence-corrected chi connectivity index (χ2v) is 5.70. The Balaban J connectivity index is 1.87. The molecule has 0 atom stereocenters. The van der Waals surface area contributed by atoms with Crippen LogP contribution in [-0.2, 0) is 4.79 Å². The topological polar surface area (TPSA) is 115 Å². The number of carbonyl (C=O) groups excluding carboxylic acids is 1. The molecule has 3 aromatic heterocycles. The molecular formula is C17H16N6O2. The smallest absolute Gasteiger partial charge is 0.237 e. The third-order valence-corrected chi connectivity index (χ3v) is 4.17. The molecule has 0 saturated carbocycles. The third kappa shape index (κ3) is 2.57. The molecule has 0 bridgehead atoms. The molecule has 8 heteroatoms. The molecule has 4 rings (SSSR count). The fourth-order valence-corrected chi connectivity index (χ4v) is 2.93. The van der Waals surface area contributed by atoms with Gasteiger partial charge in [-0.25, -0.2) is 15.0 Å². The summed E-state index contributed by atoms with van der Waals surface area (Å²) in [5, 5.41) is 7.42. The van der Waals surface area contributed by atoms with Crippen LogP contribution >= 0.6 is 0 Å². The highest BCUT2D eigenvalue weighted by Crippen LogP contribution is 2.36. The quantitative estimate of drug-likeness (QED) is 0.626. The number of hydrogen-bond donors (Lipinski definition) is 3. The molecule has 1 aliphatic heterocycles.